The monoisotopic (exact) mass is 486 g/mol. The molecule has 2 aliphatic heterocycles. The summed E-state index contributed by atoms with van der Waals surface area (Å²) in [5, 5.41) is 7.00. The zero-order chi connectivity index (χ0) is 24.5. The lowest BCUT2D eigenvalue weighted by Gasteiger charge is -2.18. The van der Waals surface area contributed by atoms with Gasteiger partial charge in [0.05, 0.1) is 17.0 Å². The van der Waals surface area contributed by atoms with Gasteiger partial charge in [0, 0.05) is 41.5 Å². The molecule has 35 heavy (non-hydrogen) atoms. The van der Waals surface area contributed by atoms with Crippen LogP contribution in [0.5, 0.6) is 0 Å². The van der Waals surface area contributed by atoms with Crippen molar-refractivity contribution < 1.29 is 9.59 Å². The third-order valence-corrected chi connectivity index (χ3v) is 6.47. The maximum absolute atomic E-state index is 13.1. The fourth-order valence-corrected chi connectivity index (χ4v) is 4.78. The van der Waals surface area contributed by atoms with Crippen molar-refractivity contribution in [3.8, 4) is 0 Å². The van der Waals surface area contributed by atoms with Crippen LogP contribution in [0.1, 0.15) is 29.5 Å². The van der Waals surface area contributed by atoms with Gasteiger partial charge in [-0.05, 0) is 68.0 Å². The Morgan fingerprint density at radius 1 is 1.03 bits per heavy atom. The molecule has 0 unspecified atom stereocenters. The Morgan fingerprint density at radius 3 is 2.43 bits per heavy atom. The molecule has 7 heteroatoms. The average molecular weight is 487 g/mol. The number of benzene rings is 3. The van der Waals surface area contributed by atoms with Crippen LogP contribution in [0.2, 0.25) is 5.02 Å². The van der Waals surface area contributed by atoms with E-state index in [9.17, 15) is 9.59 Å². The lowest BCUT2D eigenvalue weighted by Crippen LogP contribution is -2.23. The molecule has 0 bridgehead atoms. The summed E-state index contributed by atoms with van der Waals surface area (Å²) in [5.74, 6) is -0.0407. The van der Waals surface area contributed by atoms with Crippen LogP contribution in [0.3, 0.4) is 0 Å². The van der Waals surface area contributed by atoms with Crippen LogP contribution >= 0.6 is 11.6 Å². The third kappa shape index (κ3) is 4.81. The minimum Gasteiger partial charge on any atom is -0.354 e. The quantitative estimate of drug-likeness (QED) is 0.454. The van der Waals surface area contributed by atoms with E-state index in [0.717, 1.165) is 42.0 Å². The van der Waals surface area contributed by atoms with E-state index < -0.39 is 0 Å². The van der Waals surface area contributed by atoms with Crippen LogP contribution in [-0.2, 0) is 16.1 Å². The number of rotatable bonds is 6. The molecule has 1 saturated heterocycles. The van der Waals surface area contributed by atoms with Crippen molar-refractivity contribution in [1.29, 1.82) is 0 Å². The van der Waals surface area contributed by atoms with E-state index in [1.165, 1.54) is 5.56 Å². The van der Waals surface area contributed by atoms with E-state index in [1.807, 2.05) is 61.5 Å². The highest BCUT2D eigenvalue weighted by molar-refractivity contribution is 6.38. The molecular weight excluding hydrogens is 460 g/mol. The second-order valence-electron chi connectivity index (χ2n) is 9.15. The number of amides is 2. The van der Waals surface area contributed by atoms with E-state index in [0.29, 0.717) is 28.4 Å². The molecule has 0 radical (unpaired) electrons. The molecule has 3 aromatic carbocycles. The molecule has 0 saturated carbocycles. The van der Waals surface area contributed by atoms with Gasteiger partial charge in [-0.25, -0.2) is 0 Å². The first-order valence-electron chi connectivity index (χ1n) is 11.7. The first-order chi connectivity index (χ1) is 16.9. The van der Waals surface area contributed by atoms with E-state index >= 15 is 0 Å². The van der Waals surface area contributed by atoms with E-state index in [-0.39, 0.29) is 11.8 Å². The number of nitrogens with zero attached hydrogens (tertiary/aromatic N) is 2. The Balaban J connectivity index is 1.56. The summed E-state index contributed by atoms with van der Waals surface area (Å²) in [5.41, 5.74) is 6.55. The van der Waals surface area contributed by atoms with Crippen LogP contribution in [-0.4, -0.2) is 37.4 Å². The standard InChI is InChI=1S/C28H27ClN4O2/c1-32(2)17-18-5-10-21(11-6-18)30-27(26-23-14-9-20(29)16-24(23)31-28(26)35)19-7-12-22(13-8-19)33-15-3-4-25(33)34/h5-14,16,30H,3-4,15,17H2,1-2H3,(H,31,35). The molecule has 2 N–H and O–H groups in total. The van der Waals surface area contributed by atoms with Gasteiger partial charge in [-0.2, -0.15) is 0 Å². The first-order valence-corrected chi connectivity index (χ1v) is 12.0. The second-order valence-corrected chi connectivity index (χ2v) is 9.59. The number of carbonyl (C=O) groups is 2. The number of halogens is 1. The number of anilines is 3. The van der Waals surface area contributed by atoms with Gasteiger partial charge in [-0.1, -0.05) is 41.9 Å². The summed E-state index contributed by atoms with van der Waals surface area (Å²) >= 11 is 6.17. The molecule has 2 aliphatic rings. The predicted molar refractivity (Wildman–Crippen MR) is 142 cm³/mol. The van der Waals surface area contributed by atoms with Crippen LogP contribution in [0.15, 0.2) is 66.7 Å². The molecule has 6 nitrogen and oxygen atoms in total. The molecule has 1 fully saturated rings. The maximum atomic E-state index is 13.1. The zero-order valence-corrected chi connectivity index (χ0v) is 20.5. The van der Waals surface area contributed by atoms with Gasteiger partial charge in [0.1, 0.15) is 0 Å². The highest BCUT2D eigenvalue weighted by atomic mass is 35.5. The van der Waals surface area contributed by atoms with Crippen LogP contribution in [0.4, 0.5) is 17.1 Å². The van der Waals surface area contributed by atoms with Gasteiger partial charge in [-0.3, -0.25) is 9.59 Å². The Morgan fingerprint density at radius 2 is 1.77 bits per heavy atom. The predicted octanol–water partition coefficient (Wildman–Crippen LogP) is 5.46. The second kappa shape index (κ2) is 9.56. The van der Waals surface area contributed by atoms with Gasteiger partial charge in [0.15, 0.2) is 0 Å². The Kier molecular flexibility index (Phi) is 6.32. The molecule has 5 rings (SSSR count). The molecule has 178 valence electrons. The van der Waals surface area contributed by atoms with Gasteiger partial charge >= 0.3 is 0 Å². The van der Waals surface area contributed by atoms with Crippen LogP contribution in [0.25, 0.3) is 11.3 Å². The molecule has 0 spiro atoms. The van der Waals surface area contributed by atoms with Crippen molar-refractivity contribution in [3.63, 3.8) is 0 Å². The fraction of sp³-hybridized carbons (Fsp3) is 0.214. The fourth-order valence-electron chi connectivity index (χ4n) is 4.60. The zero-order valence-electron chi connectivity index (χ0n) is 19.8. The topological polar surface area (TPSA) is 64.7 Å². The number of carbonyl (C=O) groups excluding carboxylic acids is 2. The first kappa shape index (κ1) is 23.1. The average Bonchev–Trinajstić information content (AvgIpc) is 3.40. The molecule has 0 aromatic heterocycles. The Labute approximate surface area is 210 Å². The van der Waals surface area contributed by atoms with Crippen molar-refractivity contribution >= 4 is 51.7 Å². The molecular formula is C28H27ClN4O2. The summed E-state index contributed by atoms with van der Waals surface area (Å²) in [7, 11) is 4.08. The van der Waals surface area contributed by atoms with Gasteiger partial charge in [0.25, 0.3) is 5.91 Å². The lowest BCUT2D eigenvalue weighted by atomic mass is 9.99. The molecule has 0 aliphatic carbocycles. The highest BCUT2D eigenvalue weighted by Gasteiger charge is 2.29. The molecule has 2 amide bonds. The molecule has 2 heterocycles. The van der Waals surface area contributed by atoms with Gasteiger partial charge < -0.3 is 20.4 Å². The van der Waals surface area contributed by atoms with Gasteiger partial charge in [0.2, 0.25) is 5.91 Å². The highest BCUT2D eigenvalue weighted by Crippen LogP contribution is 2.39. The summed E-state index contributed by atoms with van der Waals surface area (Å²) in [6.07, 6.45) is 1.46. The number of nitrogens with one attached hydrogen (secondary N) is 2. The van der Waals surface area contributed by atoms with Crippen molar-refractivity contribution in [2.45, 2.75) is 19.4 Å². The SMILES string of the molecule is CN(C)Cc1ccc(NC(=C2C(=O)Nc3cc(Cl)ccc32)c2ccc(N3CCCC3=O)cc2)cc1. The summed E-state index contributed by atoms with van der Waals surface area (Å²) in [4.78, 5) is 29.2. The molecule has 3 aromatic rings. The number of hydrogen-bond donors (Lipinski definition) is 2. The number of fused-ring (bicyclic) bond motifs is 1. The summed E-state index contributed by atoms with van der Waals surface area (Å²) < 4.78 is 0. The maximum Gasteiger partial charge on any atom is 0.258 e. The Hall–Kier alpha value is -3.61. The van der Waals surface area contributed by atoms with Crippen molar-refractivity contribution in [2.24, 2.45) is 0 Å². The van der Waals surface area contributed by atoms with E-state index in [4.69, 9.17) is 11.6 Å². The molecule has 0 atom stereocenters. The largest absolute Gasteiger partial charge is 0.354 e. The van der Waals surface area contributed by atoms with Crippen molar-refractivity contribution in [1.82, 2.24) is 4.90 Å². The Bertz CT molecular complexity index is 1310. The van der Waals surface area contributed by atoms with E-state index in [2.05, 4.69) is 27.7 Å². The summed E-state index contributed by atoms with van der Waals surface area (Å²) in [6, 6.07) is 21.4. The van der Waals surface area contributed by atoms with Crippen LogP contribution in [0, 0.1) is 0 Å². The minimum absolute atomic E-state index is 0.147. The minimum atomic E-state index is -0.187. The van der Waals surface area contributed by atoms with E-state index in [1.54, 1.807) is 12.1 Å². The smallest absolute Gasteiger partial charge is 0.258 e. The van der Waals surface area contributed by atoms with Crippen molar-refractivity contribution in [2.75, 3.05) is 36.2 Å². The van der Waals surface area contributed by atoms with Gasteiger partial charge in [-0.15, -0.1) is 0 Å². The van der Waals surface area contributed by atoms with Crippen molar-refractivity contribution in [3.05, 3.63) is 88.4 Å². The lowest BCUT2D eigenvalue weighted by molar-refractivity contribution is -0.117. The third-order valence-electron chi connectivity index (χ3n) is 6.24. The summed E-state index contributed by atoms with van der Waals surface area (Å²) in [6.45, 7) is 1.58. The normalized spacial score (nSPS) is 16.5. The number of hydrogen-bond acceptors (Lipinski definition) is 4. The van der Waals surface area contributed by atoms with Crippen LogP contribution < -0.4 is 15.5 Å².